The number of hydrogen-bond acceptors (Lipinski definition) is 4. The molecule has 6 heteroatoms. The molecule has 3 rings (SSSR count). The third kappa shape index (κ3) is 3.69. The molecule has 2 aromatic rings. The first-order valence-electron chi connectivity index (χ1n) is 8.22. The molecule has 1 aliphatic rings. The van der Waals surface area contributed by atoms with Gasteiger partial charge in [-0.1, -0.05) is 18.1 Å². The molecule has 0 saturated carbocycles. The normalized spacial score (nSPS) is 16.1. The Bertz CT molecular complexity index is 710. The van der Waals surface area contributed by atoms with Crippen LogP contribution in [-0.4, -0.2) is 16.8 Å². The molecule has 1 aromatic heterocycles. The van der Waals surface area contributed by atoms with Gasteiger partial charge in [-0.15, -0.1) is 0 Å². The van der Waals surface area contributed by atoms with Gasteiger partial charge in [-0.05, 0) is 43.5 Å². The van der Waals surface area contributed by atoms with E-state index in [4.69, 9.17) is 9.26 Å². The fourth-order valence-corrected chi connectivity index (χ4v) is 2.98. The molecule has 0 fully saturated rings. The van der Waals surface area contributed by atoms with E-state index in [1.54, 1.807) is 6.07 Å². The molecule has 2 amide bonds. The molecule has 1 aromatic carbocycles. The summed E-state index contributed by atoms with van der Waals surface area (Å²) in [6.45, 7) is 6.56. The lowest BCUT2D eigenvalue weighted by molar-refractivity contribution is 0.138. The van der Waals surface area contributed by atoms with Crippen molar-refractivity contribution >= 4 is 6.03 Å². The van der Waals surface area contributed by atoms with Gasteiger partial charge in [0.25, 0.3) is 0 Å². The maximum Gasteiger partial charge on any atom is 0.315 e. The topological polar surface area (TPSA) is 76.4 Å². The molecule has 0 saturated heterocycles. The Kier molecular flexibility index (Phi) is 4.46. The molecule has 0 spiro atoms. The quantitative estimate of drug-likeness (QED) is 0.882. The van der Waals surface area contributed by atoms with Crippen molar-refractivity contribution in [3.05, 3.63) is 47.3 Å². The van der Waals surface area contributed by atoms with Crippen LogP contribution < -0.4 is 15.4 Å². The smallest absolute Gasteiger partial charge is 0.315 e. The van der Waals surface area contributed by atoms with Crippen LogP contribution in [0.4, 0.5) is 4.79 Å². The molecule has 6 nitrogen and oxygen atoms in total. The van der Waals surface area contributed by atoms with Crippen LogP contribution in [0, 0.1) is 0 Å². The van der Waals surface area contributed by atoms with Gasteiger partial charge in [-0.3, -0.25) is 0 Å². The van der Waals surface area contributed by atoms with Crippen molar-refractivity contribution in [1.29, 1.82) is 0 Å². The van der Waals surface area contributed by atoms with Gasteiger partial charge in [0.2, 0.25) is 0 Å². The van der Waals surface area contributed by atoms with Crippen molar-refractivity contribution in [3.63, 3.8) is 0 Å². The van der Waals surface area contributed by atoms with Crippen molar-refractivity contribution in [2.24, 2.45) is 0 Å². The van der Waals surface area contributed by atoms with Gasteiger partial charge < -0.3 is 19.9 Å². The molecule has 0 bridgehead atoms. The van der Waals surface area contributed by atoms with E-state index >= 15 is 0 Å². The van der Waals surface area contributed by atoms with E-state index in [2.05, 4.69) is 42.6 Å². The highest BCUT2D eigenvalue weighted by Crippen LogP contribution is 2.36. The number of hydrogen-bond donors (Lipinski definition) is 2. The van der Waals surface area contributed by atoms with Crippen molar-refractivity contribution in [2.45, 2.75) is 51.8 Å². The number of rotatable bonds is 5. The fraction of sp³-hybridized carbons (Fsp3) is 0.444. The van der Waals surface area contributed by atoms with Crippen LogP contribution in [0.2, 0.25) is 0 Å². The maximum absolute atomic E-state index is 12.1. The predicted octanol–water partition coefficient (Wildman–Crippen LogP) is 3.34. The van der Waals surface area contributed by atoms with E-state index in [1.807, 2.05) is 12.1 Å². The maximum atomic E-state index is 12.1. The summed E-state index contributed by atoms with van der Waals surface area (Å²) in [5.41, 5.74) is 2.82. The van der Waals surface area contributed by atoms with Crippen LogP contribution in [0.15, 0.2) is 35.1 Å². The first-order valence-corrected chi connectivity index (χ1v) is 8.22. The second-order valence-electron chi connectivity index (χ2n) is 6.68. The zero-order valence-electron chi connectivity index (χ0n) is 14.3. The SMILES string of the molecule is CC[C@@H](NC(=O)NCc1ccon1)c1ccc2c(c1)CC(C)(C)O2. The Morgan fingerprint density at radius 1 is 1.38 bits per heavy atom. The highest BCUT2D eigenvalue weighted by molar-refractivity contribution is 5.74. The number of benzene rings is 1. The minimum Gasteiger partial charge on any atom is -0.487 e. The molecule has 0 radical (unpaired) electrons. The molecular formula is C18H23N3O3. The highest BCUT2D eigenvalue weighted by atomic mass is 16.5. The summed E-state index contributed by atoms with van der Waals surface area (Å²) in [7, 11) is 0. The summed E-state index contributed by atoms with van der Waals surface area (Å²) in [6, 6.07) is 7.61. The van der Waals surface area contributed by atoms with Gasteiger partial charge in [-0.25, -0.2) is 4.79 Å². The molecule has 1 atom stereocenters. The lowest BCUT2D eigenvalue weighted by Gasteiger charge is -2.18. The van der Waals surface area contributed by atoms with E-state index in [1.165, 1.54) is 11.8 Å². The van der Waals surface area contributed by atoms with E-state index in [0.717, 1.165) is 24.2 Å². The highest BCUT2D eigenvalue weighted by Gasteiger charge is 2.30. The van der Waals surface area contributed by atoms with Gasteiger partial charge >= 0.3 is 6.03 Å². The summed E-state index contributed by atoms with van der Waals surface area (Å²) in [6.07, 6.45) is 3.17. The zero-order valence-corrected chi connectivity index (χ0v) is 14.3. The van der Waals surface area contributed by atoms with Gasteiger partial charge in [0, 0.05) is 12.5 Å². The number of urea groups is 1. The second-order valence-corrected chi connectivity index (χ2v) is 6.68. The lowest BCUT2D eigenvalue weighted by Crippen LogP contribution is -2.37. The summed E-state index contributed by atoms with van der Waals surface area (Å²) >= 11 is 0. The van der Waals surface area contributed by atoms with Crippen LogP contribution in [0.25, 0.3) is 0 Å². The van der Waals surface area contributed by atoms with Gasteiger partial charge in [0.05, 0.1) is 12.6 Å². The van der Waals surface area contributed by atoms with Gasteiger partial charge in [0.15, 0.2) is 0 Å². The van der Waals surface area contributed by atoms with Crippen LogP contribution in [0.1, 0.15) is 50.1 Å². The minimum absolute atomic E-state index is 0.0451. The summed E-state index contributed by atoms with van der Waals surface area (Å²) in [5.74, 6) is 0.939. The van der Waals surface area contributed by atoms with Crippen molar-refractivity contribution in [1.82, 2.24) is 15.8 Å². The molecule has 0 aliphatic carbocycles. The fourth-order valence-electron chi connectivity index (χ4n) is 2.98. The third-order valence-electron chi connectivity index (χ3n) is 4.12. The Balaban J connectivity index is 1.63. The van der Waals surface area contributed by atoms with Crippen LogP contribution in [0.5, 0.6) is 5.75 Å². The average molecular weight is 329 g/mol. The first kappa shape index (κ1) is 16.4. The molecule has 0 unspecified atom stereocenters. The molecular weight excluding hydrogens is 306 g/mol. The zero-order chi connectivity index (χ0) is 17.2. The Hall–Kier alpha value is -2.50. The number of ether oxygens (including phenoxy) is 1. The van der Waals surface area contributed by atoms with Crippen LogP contribution in [0.3, 0.4) is 0 Å². The van der Waals surface area contributed by atoms with Crippen molar-refractivity contribution in [2.75, 3.05) is 0 Å². The predicted molar refractivity (Wildman–Crippen MR) is 89.8 cm³/mol. The second kappa shape index (κ2) is 6.55. The molecule has 128 valence electrons. The van der Waals surface area contributed by atoms with Crippen molar-refractivity contribution < 1.29 is 14.1 Å². The van der Waals surface area contributed by atoms with E-state index in [-0.39, 0.29) is 17.7 Å². The Morgan fingerprint density at radius 3 is 2.92 bits per heavy atom. The van der Waals surface area contributed by atoms with Gasteiger partial charge in [0.1, 0.15) is 23.3 Å². The van der Waals surface area contributed by atoms with Crippen LogP contribution in [-0.2, 0) is 13.0 Å². The number of nitrogens with zero attached hydrogens (tertiary/aromatic N) is 1. The number of nitrogens with one attached hydrogen (secondary N) is 2. The number of aromatic nitrogens is 1. The minimum atomic E-state index is -0.220. The van der Waals surface area contributed by atoms with Gasteiger partial charge in [-0.2, -0.15) is 0 Å². The summed E-state index contributed by atoms with van der Waals surface area (Å²) in [5, 5.41) is 9.56. The first-order chi connectivity index (χ1) is 11.5. The number of amides is 2. The molecule has 2 N–H and O–H groups in total. The molecule has 2 heterocycles. The van der Waals surface area contributed by atoms with E-state index in [9.17, 15) is 4.79 Å². The summed E-state index contributed by atoms with van der Waals surface area (Å²) < 4.78 is 10.7. The monoisotopic (exact) mass is 329 g/mol. The molecule has 1 aliphatic heterocycles. The van der Waals surface area contributed by atoms with E-state index < -0.39 is 0 Å². The standard InChI is InChI=1S/C18H23N3O3/c1-4-15(20-17(22)19-11-14-7-8-23-21-14)12-5-6-16-13(9-12)10-18(2,3)24-16/h5-9,15H,4,10-11H2,1-3H3,(H2,19,20,22)/t15-/m1/s1. The summed E-state index contributed by atoms with van der Waals surface area (Å²) in [4.78, 5) is 12.1. The largest absolute Gasteiger partial charge is 0.487 e. The third-order valence-corrected chi connectivity index (χ3v) is 4.12. The average Bonchev–Trinajstić information content (AvgIpc) is 3.15. The number of carbonyl (C=O) groups is 1. The molecule has 24 heavy (non-hydrogen) atoms. The lowest BCUT2D eigenvalue weighted by atomic mass is 9.97. The Morgan fingerprint density at radius 2 is 2.21 bits per heavy atom. The van der Waals surface area contributed by atoms with Crippen LogP contribution >= 0.6 is 0 Å². The Labute approximate surface area is 141 Å². The van der Waals surface area contributed by atoms with E-state index in [0.29, 0.717) is 12.2 Å². The van der Waals surface area contributed by atoms with Crippen molar-refractivity contribution in [3.8, 4) is 5.75 Å². The number of carbonyl (C=O) groups excluding carboxylic acids is 1. The number of fused-ring (bicyclic) bond motifs is 1.